The molecule has 0 radical (unpaired) electrons. The maximum Gasteiger partial charge on any atom is 0.409 e. The zero-order valence-corrected chi connectivity index (χ0v) is 12.8. The van der Waals surface area contributed by atoms with Crippen molar-refractivity contribution in [1.29, 1.82) is 0 Å². The molecule has 2 fully saturated rings. The second kappa shape index (κ2) is 7.84. The minimum Gasteiger partial charge on any atom is -0.453 e. The molecule has 20 heavy (non-hydrogen) atoms. The Morgan fingerprint density at radius 2 is 2.30 bits per heavy atom. The normalized spacial score (nSPS) is 28.4. The Morgan fingerprint density at radius 3 is 3.00 bits per heavy atom. The number of hydrogen-bond acceptors (Lipinski definition) is 4. The third-order valence-corrected chi connectivity index (χ3v) is 4.55. The number of nitrogens with one attached hydrogen (secondary N) is 1. The Kier molecular flexibility index (Phi) is 6.10. The lowest BCUT2D eigenvalue weighted by Gasteiger charge is -2.35. The molecule has 2 rings (SSSR count). The average Bonchev–Trinajstić information content (AvgIpc) is 2.99. The molecule has 2 heterocycles. The second-order valence-corrected chi connectivity index (χ2v) is 5.98. The Labute approximate surface area is 122 Å². The largest absolute Gasteiger partial charge is 0.453 e. The molecule has 0 aromatic carbocycles. The van der Waals surface area contributed by atoms with Crippen LogP contribution in [0, 0.1) is 5.92 Å². The smallest absolute Gasteiger partial charge is 0.409 e. The molecule has 1 amide bonds. The molecular formula is C15H28N2O3. The number of amides is 1. The van der Waals surface area contributed by atoms with Gasteiger partial charge in [0.1, 0.15) is 0 Å². The maximum absolute atomic E-state index is 11.6. The van der Waals surface area contributed by atoms with E-state index in [9.17, 15) is 4.79 Å². The fourth-order valence-electron chi connectivity index (χ4n) is 3.22. The van der Waals surface area contributed by atoms with Crippen LogP contribution in [0.1, 0.15) is 39.0 Å². The third-order valence-electron chi connectivity index (χ3n) is 4.55. The van der Waals surface area contributed by atoms with Gasteiger partial charge in [-0.05, 0) is 51.5 Å². The fourth-order valence-corrected chi connectivity index (χ4v) is 3.22. The summed E-state index contributed by atoms with van der Waals surface area (Å²) in [5.74, 6) is 0.521. The summed E-state index contributed by atoms with van der Waals surface area (Å²) < 4.78 is 10.5. The van der Waals surface area contributed by atoms with E-state index in [1.54, 1.807) is 0 Å². The van der Waals surface area contributed by atoms with E-state index in [0.717, 1.165) is 39.1 Å². The standard InChI is InChI=1S/C15H28N2O3/c1-12(16-8-7-14-6-4-10-20-14)13-5-3-9-17(11-13)15(18)19-2/h12-14,16H,3-11H2,1-2H3. The van der Waals surface area contributed by atoms with Crippen LogP contribution in [0.4, 0.5) is 4.79 Å². The highest BCUT2D eigenvalue weighted by Gasteiger charge is 2.27. The summed E-state index contributed by atoms with van der Waals surface area (Å²) in [4.78, 5) is 13.4. The summed E-state index contributed by atoms with van der Waals surface area (Å²) in [7, 11) is 1.45. The van der Waals surface area contributed by atoms with Crippen molar-refractivity contribution in [3.8, 4) is 0 Å². The van der Waals surface area contributed by atoms with Gasteiger partial charge in [0.05, 0.1) is 13.2 Å². The first-order chi connectivity index (χ1) is 9.70. The molecule has 5 heteroatoms. The first-order valence-electron chi connectivity index (χ1n) is 7.88. The number of hydrogen-bond donors (Lipinski definition) is 1. The van der Waals surface area contributed by atoms with E-state index < -0.39 is 0 Å². The highest BCUT2D eigenvalue weighted by atomic mass is 16.5. The van der Waals surface area contributed by atoms with Crippen LogP contribution in [0.2, 0.25) is 0 Å². The van der Waals surface area contributed by atoms with Gasteiger partial charge in [-0.1, -0.05) is 0 Å². The van der Waals surface area contributed by atoms with Gasteiger partial charge in [-0.2, -0.15) is 0 Å². The highest BCUT2D eigenvalue weighted by molar-refractivity contribution is 5.67. The van der Waals surface area contributed by atoms with E-state index in [0.29, 0.717) is 18.1 Å². The molecule has 2 saturated heterocycles. The maximum atomic E-state index is 11.6. The van der Waals surface area contributed by atoms with E-state index in [1.165, 1.54) is 26.4 Å². The van der Waals surface area contributed by atoms with Crippen LogP contribution >= 0.6 is 0 Å². The molecule has 0 saturated carbocycles. The van der Waals surface area contributed by atoms with Crippen LogP contribution in [0.5, 0.6) is 0 Å². The van der Waals surface area contributed by atoms with Crippen molar-refractivity contribution in [3.63, 3.8) is 0 Å². The van der Waals surface area contributed by atoms with E-state index in [4.69, 9.17) is 9.47 Å². The lowest BCUT2D eigenvalue weighted by Crippen LogP contribution is -2.46. The zero-order chi connectivity index (χ0) is 14.4. The molecule has 0 bridgehead atoms. The van der Waals surface area contributed by atoms with Crippen LogP contribution in [-0.2, 0) is 9.47 Å². The number of methoxy groups -OCH3 is 1. The summed E-state index contributed by atoms with van der Waals surface area (Å²) in [5.41, 5.74) is 0. The van der Waals surface area contributed by atoms with Gasteiger partial charge in [0.15, 0.2) is 0 Å². The minimum atomic E-state index is -0.193. The number of likely N-dealkylation sites (tertiary alicyclic amines) is 1. The van der Waals surface area contributed by atoms with Crippen molar-refractivity contribution >= 4 is 6.09 Å². The highest BCUT2D eigenvalue weighted by Crippen LogP contribution is 2.21. The number of rotatable bonds is 5. The Morgan fingerprint density at radius 1 is 1.45 bits per heavy atom. The topological polar surface area (TPSA) is 50.8 Å². The van der Waals surface area contributed by atoms with Crippen LogP contribution < -0.4 is 5.32 Å². The summed E-state index contributed by atoms with van der Waals surface area (Å²) in [5, 5.41) is 3.60. The Hall–Kier alpha value is -0.810. The summed E-state index contributed by atoms with van der Waals surface area (Å²) in [6.07, 6.45) is 6.01. The van der Waals surface area contributed by atoms with Gasteiger partial charge in [-0.15, -0.1) is 0 Å². The van der Waals surface area contributed by atoms with Crippen LogP contribution in [0.25, 0.3) is 0 Å². The van der Waals surface area contributed by atoms with Gasteiger partial charge in [-0.25, -0.2) is 4.79 Å². The van der Waals surface area contributed by atoms with Crippen molar-refractivity contribution in [2.75, 3.05) is 33.4 Å². The molecule has 3 atom stereocenters. The van der Waals surface area contributed by atoms with Crippen molar-refractivity contribution in [2.24, 2.45) is 5.92 Å². The molecule has 0 aromatic heterocycles. The van der Waals surface area contributed by atoms with Crippen LogP contribution in [-0.4, -0.2) is 56.5 Å². The fraction of sp³-hybridized carbons (Fsp3) is 0.933. The number of carbonyl (C=O) groups excluding carboxylic acids is 1. The molecular weight excluding hydrogens is 256 g/mol. The quantitative estimate of drug-likeness (QED) is 0.839. The number of ether oxygens (including phenoxy) is 2. The first-order valence-corrected chi connectivity index (χ1v) is 7.88. The lowest BCUT2D eigenvalue weighted by atomic mass is 9.91. The SMILES string of the molecule is COC(=O)N1CCCC(C(C)NCCC2CCCO2)C1. The van der Waals surface area contributed by atoms with Gasteiger partial charge in [0.2, 0.25) is 0 Å². The van der Waals surface area contributed by atoms with Gasteiger partial charge in [0, 0.05) is 25.7 Å². The summed E-state index contributed by atoms with van der Waals surface area (Å²) in [6, 6.07) is 0.434. The van der Waals surface area contributed by atoms with Crippen molar-refractivity contribution in [2.45, 2.75) is 51.2 Å². The molecule has 0 aliphatic carbocycles. The number of nitrogens with zero attached hydrogens (tertiary/aromatic N) is 1. The van der Waals surface area contributed by atoms with Crippen LogP contribution in [0.3, 0.4) is 0 Å². The lowest BCUT2D eigenvalue weighted by molar-refractivity contribution is 0.0918. The second-order valence-electron chi connectivity index (χ2n) is 5.98. The third kappa shape index (κ3) is 4.35. The molecule has 2 aliphatic heterocycles. The van der Waals surface area contributed by atoms with Gasteiger partial charge >= 0.3 is 6.09 Å². The van der Waals surface area contributed by atoms with E-state index in [1.807, 2.05) is 4.90 Å². The van der Waals surface area contributed by atoms with E-state index in [2.05, 4.69) is 12.2 Å². The monoisotopic (exact) mass is 284 g/mol. The molecule has 116 valence electrons. The molecule has 1 N–H and O–H groups in total. The molecule has 3 unspecified atom stereocenters. The van der Waals surface area contributed by atoms with Gasteiger partial charge in [0.25, 0.3) is 0 Å². The predicted octanol–water partition coefficient (Wildman–Crippen LogP) is 2.01. The summed E-state index contributed by atoms with van der Waals surface area (Å²) >= 11 is 0. The predicted molar refractivity (Wildman–Crippen MR) is 77.8 cm³/mol. The number of piperidine rings is 1. The summed E-state index contributed by atoms with van der Waals surface area (Å²) in [6.45, 7) is 5.78. The molecule has 0 aromatic rings. The zero-order valence-electron chi connectivity index (χ0n) is 12.8. The molecule has 2 aliphatic rings. The Balaban J connectivity index is 1.68. The first kappa shape index (κ1) is 15.6. The van der Waals surface area contributed by atoms with E-state index in [-0.39, 0.29) is 6.09 Å². The average molecular weight is 284 g/mol. The number of carbonyl (C=O) groups is 1. The van der Waals surface area contributed by atoms with Gasteiger partial charge < -0.3 is 19.7 Å². The minimum absolute atomic E-state index is 0.193. The van der Waals surface area contributed by atoms with Crippen molar-refractivity contribution in [3.05, 3.63) is 0 Å². The van der Waals surface area contributed by atoms with E-state index >= 15 is 0 Å². The van der Waals surface area contributed by atoms with Crippen LogP contribution in [0.15, 0.2) is 0 Å². The van der Waals surface area contributed by atoms with Gasteiger partial charge in [-0.3, -0.25) is 0 Å². The van der Waals surface area contributed by atoms with Crippen molar-refractivity contribution in [1.82, 2.24) is 10.2 Å². The Bertz CT molecular complexity index is 305. The van der Waals surface area contributed by atoms with Crippen molar-refractivity contribution < 1.29 is 14.3 Å². The molecule has 0 spiro atoms. The molecule has 5 nitrogen and oxygen atoms in total.